The van der Waals surface area contributed by atoms with Crippen molar-refractivity contribution in [2.75, 3.05) is 0 Å². The van der Waals surface area contributed by atoms with Crippen molar-refractivity contribution in [1.82, 2.24) is 24.5 Å². The molecule has 5 rings (SSSR count). The van der Waals surface area contributed by atoms with Gasteiger partial charge in [-0.3, -0.25) is 4.57 Å². The summed E-state index contributed by atoms with van der Waals surface area (Å²) in [7, 11) is 0. The van der Waals surface area contributed by atoms with Gasteiger partial charge < -0.3 is 9.29 Å². The molecule has 1 N–H and O–H groups in total. The van der Waals surface area contributed by atoms with Crippen LogP contribution in [0.2, 0.25) is 0 Å². The standard InChI is InChI=1S/C26H16F7N5O3S/c1-14-35-23(25(28,29)30)13-37(14)24-20(27)10-17(16-3-2-4-19(9-16)42(39)40)11-21(24)38-22(12-34-36-38)15-5-7-18(8-6-15)41-26(31,32)33/h2-13H,1H3,(H,39,40). The maximum absolute atomic E-state index is 15.9. The highest BCUT2D eigenvalue weighted by Gasteiger charge is 2.35. The van der Waals surface area contributed by atoms with Crippen molar-refractivity contribution in [3.63, 3.8) is 0 Å². The molecular formula is C26H16F7N5O3S. The minimum atomic E-state index is -4.92. The maximum atomic E-state index is 15.9. The maximum Gasteiger partial charge on any atom is 0.573 e. The fourth-order valence-corrected chi connectivity index (χ4v) is 4.63. The third kappa shape index (κ3) is 5.89. The number of imidazole rings is 1. The van der Waals surface area contributed by atoms with Crippen molar-refractivity contribution in [1.29, 1.82) is 0 Å². The van der Waals surface area contributed by atoms with Gasteiger partial charge in [-0.05, 0) is 66.6 Å². The van der Waals surface area contributed by atoms with E-state index in [1.807, 2.05) is 0 Å². The van der Waals surface area contributed by atoms with Crippen molar-refractivity contribution in [3.05, 3.63) is 90.4 Å². The molecule has 0 aliphatic heterocycles. The van der Waals surface area contributed by atoms with Crippen LogP contribution in [0.1, 0.15) is 11.5 Å². The number of aryl methyl sites for hydroxylation is 1. The fourth-order valence-electron chi connectivity index (χ4n) is 4.21. The number of aromatic nitrogens is 5. The highest BCUT2D eigenvalue weighted by Crippen LogP contribution is 2.36. The molecule has 5 aromatic rings. The van der Waals surface area contributed by atoms with E-state index in [-0.39, 0.29) is 38.9 Å². The molecule has 0 spiro atoms. The average molecular weight is 611 g/mol. The van der Waals surface area contributed by atoms with Crippen molar-refractivity contribution < 1.29 is 44.2 Å². The summed E-state index contributed by atoms with van der Waals surface area (Å²) in [6.07, 6.45) is -7.90. The highest BCUT2D eigenvalue weighted by molar-refractivity contribution is 7.79. The monoisotopic (exact) mass is 611 g/mol. The van der Waals surface area contributed by atoms with Gasteiger partial charge in [0, 0.05) is 11.8 Å². The molecule has 0 radical (unpaired) electrons. The topological polar surface area (TPSA) is 95.1 Å². The molecule has 1 unspecified atom stereocenters. The lowest BCUT2D eigenvalue weighted by molar-refractivity contribution is -0.274. The third-order valence-corrected chi connectivity index (χ3v) is 6.64. The second-order valence-electron chi connectivity index (χ2n) is 8.75. The van der Waals surface area contributed by atoms with Crippen LogP contribution in [0.4, 0.5) is 30.7 Å². The molecule has 0 fully saturated rings. The number of alkyl halides is 6. The van der Waals surface area contributed by atoms with Gasteiger partial charge in [-0.25, -0.2) is 18.3 Å². The summed E-state index contributed by atoms with van der Waals surface area (Å²) >= 11 is -2.35. The molecule has 16 heteroatoms. The van der Waals surface area contributed by atoms with Crippen LogP contribution >= 0.6 is 0 Å². The second kappa shape index (κ2) is 10.7. The van der Waals surface area contributed by atoms with Gasteiger partial charge in [0.2, 0.25) is 0 Å². The summed E-state index contributed by atoms with van der Waals surface area (Å²) in [4.78, 5) is 3.53. The molecule has 2 heterocycles. The summed E-state index contributed by atoms with van der Waals surface area (Å²) < 4.78 is 121. The Hall–Kier alpha value is -4.57. The van der Waals surface area contributed by atoms with Crippen LogP contribution in [0.3, 0.4) is 0 Å². The van der Waals surface area contributed by atoms with E-state index in [2.05, 4.69) is 20.0 Å². The van der Waals surface area contributed by atoms with Crippen molar-refractivity contribution >= 4 is 11.1 Å². The van der Waals surface area contributed by atoms with Crippen molar-refractivity contribution in [3.8, 4) is 39.5 Å². The van der Waals surface area contributed by atoms with Gasteiger partial charge in [-0.2, -0.15) is 13.2 Å². The van der Waals surface area contributed by atoms with Crippen LogP contribution in [0.5, 0.6) is 5.75 Å². The van der Waals surface area contributed by atoms with Crippen molar-refractivity contribution in [2.24, 2.45) is 0 Å². The quantitative estimate of drug-likeness (QED) is 0.169. The lowest BCUT2D eigenvalue weighted by Crippen LogP contribution is -2.17. The Balaban J connectivity index is 1.72. The molecule has 0 amide bonds. The number of halogens is 7. The zero-order chi connectivity index (χ0) is 30.4. The summed E-state index contributed by atoms with van der Waals surface area (Å²) in [5, 5.41) is 7.81. The van der Waals surface area contributed by atoms with E-state index < -0.39 is 40.9 Å². The Labute approximate surface area is 234 Å². The number of hydrogen-bond acceptors (Lipinski definition) is 5. The summed E-state index contributed by atoms with van der Waals surface area (Å²) in [5.41, 5.74) is -0.889. The van der Waals surface area contributed by atoms with E-state index in [4.69, 9.17) is 0 Å². The lowest BCUT2D eigenvalue weighted by atomic mass is 10.0. The fraction of sp³-hybridized carbons (Fsp3) is 0.115. The van der Waals surface area contributed by atoms with Gasteiger partial charge in [0.25, 0.3) is 0 Å². The second-order valence-corrected chi connectivity index (χ2v) is 9.72. The molecule has 0 aliphatic rings. The van der Waals surface area contributed by atoms with Gasteiger partial charge in [0.15, 0.2) is 16.8 Å². The first-order valence-corrected chi connectivity index (χ1v) is 12.8. The van der Waals surface area contributed by atoms with Gasteiger partial charge in [-0.1, -0.05) is 17.3 Å². The minimum absolute atomic E-state index is 0.0152. The Bertz CT molecular complexity index is 1800. The molecule has 0 saturated heterocycles. The number of ether oxygens (including phenoxy) is 1. The highest BCUT2D eigenvalue weighted by atomic mass is 32.2. The molecule has 42 heavy (non-hydrogen) atoms. The Morgan fingerprint density at radius 3 is 2.26 bits per heavy atom. The molecule has 2 aromatic heterocycles. The number of nitrogens with zero attached hydrogens (tertiary/aromatic N) is 5. The number of hydrogen-bond donors (Lipinski definition) is 1. The first kappa shape index (κ1) is 28.9. The van der Waals surface area contributed by atoms with Crippen LogP contribution in [0.15, 0.2) is 78.0 Å². The van der Waals surface area contributed by atoms with Gasteiger partial charge in [0.1, 0.15) is 23.1 Å². The third-order valence-electron chi connectivity index (χ3n) is 5.99. The van der Waals surface area contributed by atoms with Crippen LogP contribution in [-0.2, 0) is 17.3 Å². The minimum Gasteiger partial charge on any atom is -0.406 e. The smallest absolute Gasteiger partial charge is 0.406 e. The zero-order valence-electron chi connectivity index (χ0n) is 21.0. The summed E-state index contributed by atoms with van der Waals surface area (Å²) in [5.74, 6) is -1.71. The van der Waals surface area contributed by atoms with E-state index in [0.29, 0.717) is 11.8 Å². The zero-order valence-corrected chi connectivity index (χ0v) is 21.8. The van der Waals surface area contributed by atoms with E-state index in [9.17, 15) is 35.1 Å². The van der Waals surface area contributed by atoms with Gasteiger partial charge in [0.05, 0.1) is 22.5 Å². The molecule has 0 saturated carbocycles. The van der Waals surface area contributed by atoms with E-state index >= 15 is 4.39 Å². The predicted molar refractivity (Wildman–Crippen MR) is 135 cm³/mol. The van der Waals surface area contributed by atoms with E-state index in [0.717, 1.165) is 27.4 Å². The first-order valence-electron chi connectivity index (χ1n) is 11.7. The van der Waals surface area contributed by atoms with Crippen LogP contribution in [-0.4, -0.2) is 39.7 Å². The SMILES string of the molecule is Cc1nc(C(F)(F)F)cn1-c1c(F)cc(-c2cccc(S(=O)O)c2)cc1-n1nncc1-c1ccc(OC(F)(F)F)cc1. The van der Waals surface area contributed by atoms with Crippen molar-refractivity contribution in [2.45, 2.75) is 24.4 Å². The van der Waals surface area contributed by atoms with Gasteiger partial charge >= 0.3 is 12.5 Å². The molecule has 8 nitrogen and oxygen atoms in total. The average Bonchev–Trinajstić information content (AvgIpc) is 3.55. The molecule has 1 atom stereocenters. The summed E-state index contributed by atoms with van der Waals surface area (Å²) in [6, 6.07) is 12.7. The lowest BCUT2D eigenvalue weighted by Gasteiger charge is -2.17. The van der Waals surface area contributed by atoms with Crippen LogP contribution in [0.25, 0.3) is 33.8 Å². The first-order chi connectivity index (χ1) is 19.7. The normalized spacial score (nSPS) is 12.9. The van der Waals surface area contributed by atoms with E-state index in [1.165, 1.54) is 55.6 Å². The molecule has 0 aliphatic carbocycles. The Kier molecular flexibility index (Phi) is 7.36. The van der Waals surface area contributed by atoms with E-state index in [1.54, 1.807) is 0 Å². The van der Waals surface area contributed by atoms with Crippen LogP contribution in [0, 0.1) is 12.7 Å². The van der Waals surface area contributed by atoms with Crippen LogP contribution < -0.4 is 4.74 Å². The molecular weight excluding hydrogens is 595 g/mol. The molecule has 3 aromatic carbocycles. The van der Waals surface area contributed by atoms with Gasteiger partial charge in [-0.15, -0.1) is 18.3 Å². The number of rotatable bonds is 6. The molecule has 0 bridgehead atoms. The summed E-state index contributed by atoms with van der Waals surface area (Å²) in [6.45, 7) is 1.24. The Morgan fingerprint density at radius 2 is 1.64 bits per heavy atom. The Morgan fingerprint density at radius 1 is 0.929 bits per heavy atom. The largest absolute Gasteiger partial charge is 0.573 e. The molecule has 218 valence electrons. The number of benzene rings is 3. The predicted octanol–water partition coefficient (Wildman–Crippen LogP) is 6.73.